The number of imide groups is 2. The van der Waals surface area contributed by atoms with Crippen LogP contribution in [0.2, 0.25) is 0 Å². The minimum absolute atomic E-state index is 0.112. The first-order valence-electron chi connectivity index (χ1n) is 16.4. The van der Waals surface area contributed by atoms with Gasteiger partial charge in [-0.15, -0.1) is 0 Å². The highest BCUT2D eigenvalue weighted by molar-refractivity contribution is 6.68. The number of rotatable bonds is 10. The van der Waals surface area contributed by atoms with E-state index in [1.54, 1.807) is 97.1 Å². The predicted molar refractivity (Wildman–Crippen MR) is 202 cm³/mol. The van der Waals surface area contributed by atoms with Gasteiger partial charge in [-0.25, -0.2) is 9.80 Å². The van der Waals surface area contributed by atoms with E-state index in [9.17, 15) is 28.8 Å². The van der Waals surface area contributed by atoms with Crippen LogP contribution >= 0.6 is 23.2 Å². The van der Waals surface area contributed by atoms with Gasteiger partial charge in [0.2, 0.25) is 0 Å². The van der Waals surface area contributed by atoms with Gasteiger partial charge in [0, 0.05) is 11.1 Å². The number of carbonyl (C=O) groups is 6. The average Bonchev–Trinajstić information content (AvgIpc) is 3.59. The van der Waals surface area contributed by atoms with Gasteiger partial charge in [0.1, 0.15) is 34.5 Å². The summed E-state index contributed by atoms with van der Waals surface area (Å²) in [6.45, 7) is 0. The normalized spacial score (nSPS) is 13.1. The van der Waals surface area contributed by atoms with E-state index in [1.165, 1.54) is 36.4 Å². The van der Waals surface area contributed by atoms with Crippen molar-refractivity contribution in [1.29, 1.82) is 0 Å². The van der Waals surface area contributed by atoms with E-state index >= 15 is 0 Å². The van der Waals surface area contributed by atoms with Crippen LogP contribution in [-0.4, -0.2) is 34.1 Å². The first kappa shape index (κ1) is 35.0. The van der Waals surface area contributed by atoms with Gasteiger partial charge in [0.05, 0.1) is 33.6 Å². The van der Waals surface area contributed by atoms with Gasteiger partial charge in [-0.3, -0.25) is 28.8 Å². The van der Waals surface area contributed by atoms with Crippen LogP contribution in [0.15, 0.2) is 133 Å². The lowest BCUT2D eigenvalue weighted by molar-refractivity contribution is 0.0910. The summed E-state index contributed by atoms with van der Waals surface area (Å²) in [5.74, 6) is 0.983. The average molecular weight is 770 g/mol. The fourth-order valence-electron chi connectivity index (χ4n) is 6.08. The lowest BCUT2D eigenvalue weighted by atomic mass is 10.1. The van der Waals surface area contributed by atoms with Crippen LogP contribution in [0, 0.1) is 0 Å². The first-order valence-corrected chi connectivity index (χ1v) is 17.2. The van der Waals surface area contributed by atoms with Crippen LogP contribution < -0.4 is 24.0 Å². The smallest absolute Gasteiger partial charge is 0.266 e. The number of anilines is 2. The zero-order valence-corrected chi connectivity index (χ0v) is 29.5. The van der Waals surface area contributed by atoms with E-state index in [1.807, 2.05) is 0 Å². The molecular formula is C42H22Cl2N2O9. The van der Waals surface area contributed by atoms with Crippen molar-refractivity contribution < 1.29 is 43.0 Å². The van der Waals surface area contributed by atoms with Crippen molar-refractivity contribution in [3.05, 3.63) is 167 Å². The lowest BCUT2D eigenvalue weighted by Gasteiger charge is -2.15. The molecular weight excluding hydrogens is 747 g/mol. The standard InChI is InChI=1S/C42H22Cl2N2O9/c43-37(47)23-1-19-33-35(21-23)41(51)45(39(33)49)25-3-7-27(8-4-25)53-29-11-15-31(16-12-29)55-32-17-13-30(14-18-32)54-28-9-5-26(6-10-28)46-40(50)34-20-2-24(38(44)48)22-36(34)42(46)52/h1-22H. The molecule has 2 aliphatic heterocycles. The van der Waals surface area contributed by atoms with Crippen molar-refractivity contribution in [2.24, 2.45) is 0 Å². The van der Waals surface area contributed by atoms with Crippen LogP contribution in [0.5, 0.6) is 34.5 Å². The molecule has 4 amide bonds. The Labute approximate surface area is 321 Å². The molecule has 2 aliphatic rings. The quantitative estimate of drug-likeness (QED) is 0.0986. The van der Waals surface area contributed by atoms with E-state index in [2.05, 4.69) is 0 Å². The SMILES string of the molecule is O=C(Cl)c1ccc2c(c1)C(=O)N(c1ccc(Oc3ccc(Oc4ccc(Oc5ccc(N6C(=O)c7ccc(C(=O)Cl)cc7C6=O)cc5)cc4)cc3)cc1)C2=O. The van der Waals surface area contributed by atoms with Crippen molar-refractivity contribution in [3.8, 4) is 34.5 Å². The molecule has 0 spiro atoms. The Morgan fingerprint density at radius 3 is 0.891 bits per heavy atom. The molecule has 0 radical (unpaired) electrons. The Bertz CT molecular complexity index is 2410. The highest BCUT2D eigenvalue weighted by atomic mass is 35.5. The highest BCUT2D eigenvalue weighted by Crippen LogP contribution is 2.35. The summed E-state index contributed by atoms with van der Waals surface area (Å²) < 4.78 is 17.8. The number of hydrogen-bond acceptors (Lipinski definition) is 9. The molecule has 55 heavy (non-hydrogen) atoms. The maximum atomic E-state index is 13.0. The third kappa shape index (κ3) is 6.69. The molecule has 6 aromatic rings. The van der Waals surface area contributed by atoms with Gasteiger partial charge in [-0.1, -0.05) is 0 Å². The van der Waals surface area contributed by atoms with E-state index in [4.69, 9.17) is 37.4 Å². The van der Waals surface area contributed by atoms with E-state index in [0.717, 1.165) is 9.80 Å². The fourth-order valence-corrected chi connectivity index (χ4v) is 6.32. The summed E-state index contributed by atoms with van der Waals surface area (Å²) in [5, 5.41) is -1.44. The third-order valence-electron chi connectivity index (χ3n) is 8.77. The summed E-state index contributed by atoms with van der Waals surface area (Å²) in [6, 6.07) is 35.0. The molecule has 6 aromatic carbocycles. The molecule has 268 valence electrons. The molecule has 0 N–H and O–H groups in total. The lowest BCUT2D eigenvalue weighted by Crippen LogP contribution is -2.29. The van der Waals surface area contributed by atoms with Crippen molar-refractivity contribution in [2.75, 3.05) is 9.80 Å². The number of hydrogen-bond donors (Lipinski definition) is 0. The summed E-state index contributed by atoms with van der Waals surface area (Å²) >= 11 is 11.1. The van der Waals surface area contributed by atoms with Gasteiger partial charge in [-0.2, -0.15) is 0 Å². The fraction of sp³-hybridized carbons (Fsp3) is 0. The zero-order valence-electron chi connectivity index (χ0n) is 28.0. The van der Waals surface area contributed by atoms with E-state index in [0.29, 0.717) is 45.9 Å². The molecule has 0 bridgehead atoms. The summed E-state index contributed by atoms with van der Waals surface area (Å²) in [4.78, 5) is 77.0. The maximum absolute atomic E-state index is 13.0. The molecule has 0 saturated heterocycles. The van der Waals surface area contributed by atoms with Gasteiger partial charge in [0.15, 0.2) is 0 Å². The third-order valence-corrected chi connectivity index (χ3v) is 9.21. The van der Waals surface area contributed by atoms with Crippen LogP contribution in [0.25, 0.3) is 0 Å². The molecule has 13 heteroatoms. The Hall–Kier alpha value is -7.08. The van der Waals surface area contributed by atoms with Crippen molar-refractivity contribution in [1.82, 2.24) is 0 Å². The second kappa shape index (κ2) is 14.0. The Balaban J connectivity index is 0.854. The summed E-state index contributed by atoms with van der Waals surface area (Å²) in [5.41, 5.74) is 1.55. The molecule has 0 fully saturated rings. The topological polar surface area (TPSA) is 137 Å². The second-order valence-electron chi connectivity index (χ2n) is 12.2. The van der Waals surface area contributed by atoms with Crippen LogP contribution in [0.1, 0.15) is 62.1 Å². The molecule has 2 heterocycles. The Morgan fingerprint density at radius 1 is 0.364 bits per heavy atom. The van der Waals surface area contributed by atoms with Gasteiger partial charge in [0.25, 0.3) is 34.1 Å². The minimum atomic E-state index is -0.721. The molecule has 0 unspecified atom stereocenters. The largest absolute Gasteiger partial charge is 0.457 e. The number of fused-ring (bicyclic) bond motifs is 2. The number of amides is 4. The monoisotopic (exact) mass is 768 g/mol. The zero-order chi connectivity index (χ0) is 38.4. The van der Waals surface area contributed by atoms with Crippen LogP contribution in [0.4, 0.5) is 11.4 Å². The van der Waals surface area contributed by atoms with Crippen LogP contribution in [-0.2, 0) is 0 Å². The van der Waals surface area contributed by atoms with Crippen molar-refractivity contribution in [2.45, 2.75) is 0 Å². The summed E-state index contributed by atoms with van der Waals surface area (Å²) in [7, 11) is 0. The molecule has 11 nitrogen and oxygen atoms in total. The Kier molecular flexibility index (Phi) is 8.93. The highest BCUT2D eigenvalue weighted by Gasteiger charge is 2.38. The van der Waals surface area contributed by atoms with Crippen molar-refractivity contribution >= 4 is 68.7 Å². The van der Waals surface area contributed by atoms with E-state index in [-0.39, 0.29) is 33.4 Å². The summed E-state index contributed by atoms with van der Waals surface area (Å²) in [6.07, 6.45) is 0. The number of halogens is 2. The Morgan fingerprint density at radius 2 is 0.618 bits per heavy atom. The van der Waals surface area contributed by atoms with Crippen LogP contribution in [0.3, 0.4) is 0 Å². The molecule has 0 aromatic heterocycles. The molecule has 0 atom stereocenters. The number of ether oxygens (including phenoxy) is 3. The number of nitrogens with zero attached hydrogens (tertiary/aromatic N) is 2. The first-order chi connectivity index (χ1) is 26.5. The molecule has 0 aliphatic carbocycles. The van der Waals surface area contributed by atoms with Gasteiger partial charge < -0.3 is 14.2 Å². The van der Waals surface area contributed by atoms with Crippen molar-refractivity contribution in [3.63, 3.8) is 0 Å². The minimum Gasteiger partial charge on any atom is -0.457 e. The van der Waals surface area contributed by atoms with Gasteiger partial charge >= 0.3 is 0 Å². The second-order valence-corrected chi connectivity index (χ2v) is 12.9. The number of benzene rings is 6. The molecule has 0 saturated carbocycles. The molecule has 8 rings (SSSR count). The van der Waals surface area contributed by atoms with Gasteiger partial charge in [-0.05, 0) is 157 Å². The predicted octanol–water partition coefficient (Wildman–Crippen LogP) is 9.42. The number of carbonyl (C=O) groups excluding carboxylic acids is 6. The maximum Gasteiger partial charge on any atom is 0.266 e. The van der Waals surface area contributed by atoms with E-state index < -0.39 is 34.1 Å².